The van der Waals surface area contributed by atoms with Crippen molar-refractivity contribution in [2.75, 3.05) is 7.05 Å². The number of nitrogens with one attached hydrogen (secondary N) is 2. The summed E-state index contributed by atoms with van der Waals surface area (Å²) < 4.78 is 0. The summed E-state index contributed by atoms with van der Waals surface area (Å²) in [6.45, 7) is 5.51. The van der Waals surface area contributed by atoms with Crippen LogP contribution in [0, 0.1) is 5.92 Å². The zero-order chi connectivity index (χ0) is 14.0. The van der Waals surface area contributed by atoms with Crippen molar-refractivity contribution in [2.24, 2.45) is 5.92 Å². The normalized spacial score (nSPS) is 28.8. The molecule has 18 heavy (non-hydrogen) atoms. The number of amides is 1. The number of carboxylic acid groups (broad SMARTS) is 1. The molecular formula is C13H24N2O3. The van der Waals surface area contributed by atoms with E-state index >= 15 is 0 Å². The third-order valence-corrected chi connectivity index (χ3v) is 3.95. The van der Waals surface area contributed by atoms with Crippen LogP contribution in [0.5, 0.6) is 0 Å². The van der Waals surface area contributed by atoms with E-state index in [1.54, 1.807) is 20.9 Å². The Balaban J connectivity index is 2.87. The summed E-state index contributed by atoms with van der Waals surface area (Å²) in [6, 6.07) is 0. The highest BCUT2D eigenvalue weighted by Gasteiger charge is 2.45. The summed E-state index contributed by atoms with van der Waals surface area (Å²) in [7, 11) is 1.69. The van der Waals surface area contributed by atoms with Gasteiger partial charge in [0.2, 0.25) is 5.91 Å². The molecule has 0 aromatic rings. The molecule has 0 aliphatic heterocycles. The third-order valence-electron chi connectivity index (χ3n) is 3.95. The summed E-state index contributed by atoms with van der Waals surface area (Å²) in [5, 5.41) is 15.1. The molecule has 1 aliphatic rings. The molecule has 2 atom stereocenters. The molecule has 1 amide bonds. The van der Waals surface area contributed by atoms with Crippen LogP contribution in [0.15, 0.2) is 0 Å². The Labute approximate surface area is 108 Å². The number of likely N-dealkylation sites (N-methyl/N-ethyl adjacent to an activating group) is 1. The van der Waals surface area contributed by atoms with Crippen molar-refractivity contribution >= 4 is 11.9 Å². The van der Waals surface area contributed by atoms with Gasteiger partial charge in [0.15, 0.2) is 0 Å². The SMILES string of the molecule is CNC(C)(C)C(=O)NC1(C(=O)O)CCCC(C)C1. The van der Waals surface area contributed by atoms with E-state index in [0.29, 0.717) is 18.8 Å². The number of carboxylic acids is 1. The van der Waals surface area contributed by atoms with Crippen molar-refractivity contribution in [1.82, 2.24) is 10.6 Å². The molecule has 2 unspecified atom stereocenters. The van der Waals surface area contributed by atoms with Gasteiger partial charge in [-0.1, -0.05) is 19.8 Å². The van der Waals surface area contributed by atoms with Gasteiger partial charge in [-0.15, -0.1) is 0 Å². The first-order chi connectivity index (χ1) is 8.23. The van der Waals surface area contributed by atoms with E-state index in [1.807, 2.05) is 6.92 Å². The van der Waals surface area contributed by atoms with Crippen LogP contribution < -0.4 is 10.6 Å². The maximum atomic E-state index is 12.1. The predicted molar refractivity (Wildman–Crippen MR) is 69.3 cm³/mol. The molecule has 5 heteroatoms. The van der Waals surface area contributed by atoms with Gasteiger partial charge in [-0.25, -0.2) is 4.79 Å². The molecule has 104 valence electrons. The second kappa shape index (κ2) is 5.26. The Kier molecular flexibility index (Phi) is 4.37. The second-order valence-electron chi connectivity index (χ2n) is 5.92. The first kappa shape index (κ1) is 15.0. The highest BCUT2D eigenvalue weighted by Crippen LogP contribution is 2.33. The van der Waals surface area contributed by atoms with Crippen LogP contribution in [-0.4, -0.2) is 35.1 Å². The first-order valence-corrected chi connectivity index (χ1v) is 6.48. The molecule has 0 saturated heterocycles. The lowest BCUT2D eigenvalue weighted by atomic mass is 9.76. The molecule has 5 nitrogen and oxygen atoms in total. The van der Waals surface area contributed by atoms with Crippen LogP contribution in [0.1, 0.15) is 46.5 Å². The Morgan fingerprint density at radius 2 is 2.00 bits per heavy atom. The molecule has 0 spiro atoms. The second-order valence-corrected chi connectivity index (χ2v) is 5.92. The van der Waals surface area contributed by atoms with E-state index < -0.39 is 17.0 Å². The van der Waals surface area contributed by atoms with Gasteiger partial charge in [0, 0.05) is 0 Å². The quantitative estimate of drug-likeness (QED) is 0.704. The molecule has 1 rings (SSSR count). The third kappa shape index (κ3) is 3.02. The molecule has 0 aromatic carbocycles. The van der Waals surface area contributed by atoms with Crippen LogP contribution in [0.3, 0.4) is 0 Å². The molecule has 0 radical (unpaired) electrons. The standard InChI is InChI=1S/C13H24N2O3/c1-9-6-5-7-13(8-9,11(17)18)15-10(16)12(2,3)14-4/h9,14H,5-8H2,1-4H3,(H,15,16)(H,17,18). The predicted octanol–water partition coefficient (Wildman–Crippen LogP) is 1.13. The number of carbonyl (C=O) groups excluding carboxylic acids is 1. The molecule has 3 N–H and O–H groups in total. The number of carbonyl (C=O) groups is 2. The molecule has 1 saturated carbocycles. The smallest absolute Gasteiger partial charge is 0.329 e. The topological polar surface area (TPSA) is 78.4 Å². The van der Waals surface area contributed by atoms with E-state index in [2.05, 4.69) is 10.6 Å². The highest BCUT2D eigenvalue weighted by atomic mass is 16.4. The lowest BCUT2D eigenvalue weighted by Gasteiger charge is -2.39. The number of aliphatic carboxylic acids is 1. The number of hydrogen-bond donors (Lipinski definition) is 3. The molecule has 1 aliphatic carbocycles. The largest absolute Gasteiger partial charge is 0.480 e. The van der Waals surface area contributed by atoms with Crippen molar-refractivity contribution in [1.29, 1.82) is 0 Å². The van der Waals surface area contributed by atoms with Crippen LogP contribution in [-0.2, 0) is 9.59 Å². The van der Waals surface area contributed by atoms with Crippen molar-refractivity contribution in [3.05, 3.63) is 0 Å². The van der Waals surface area contributed by atoms with Crippen molar-refractivity contribution in [3.8, 4) is 0 Å². The summed E-state index contributed by atoms with van der Waals surface area (Å²) in [6.07, 6.45) is 2.89. The Morgan fingerprint density at radius 1 is 1.39 bits per heavy atom. The summed E-state index contributed by atoms with van der Waals surface area (Å²) in [5.74, 6) is -0.858. The van der Waals surface area contributed by atoms with E-state index in [-0.39, 0.29) is 5.91 Å². The van der Waals surface area contributed by atoms with Crippen LogP contribution in [0.2, 0.25) is 0 Å². The fourth-order valence-corrected chi connectivity index (χ4v) is 2.40. The van der Waals surface area contributed by atoms with Gasteiger partial charge in [0.05, 0.1) is 5.54 Å². The monoisotopic (exact) mass is 256 g/mol. The van der Waals surface area contributed by atoms with E-state index in [4.69, 9.17) is 0 Å². The first-order valence-electron chi connectivity index (χ1n) is 6.48. The zero-order valence-electron chi connectivity index (χ0n) is 11.7. The van der Waals surface area contributed by atoms with E-state index in [1.165, 1.54) is 0 Å². The van der Waals surface area contributed by atoms with E-state index in [0.717, 1.165) is 12.8 Å². The minimum atomic E-state index is -1.09. The van der Waals surface area contributed by atoms with Crippen LogP contribution >= 0.6 is 0 Å². The van der Waals surface area contributed by atoms with Crippen molar-refractivity contribution < 1.29 is 14.7 Å². The average Bonchev–Trinajstić information content (AvgIpc) is 2.28. The molecule has 0 bridgehead atoms. The Hall–Kier alpha value is -1.10. The molecular weight excluding hydrogens is 232 g/mol. The molecule has 0 aromatic heterocycles. The highest BCUT2D eigenvalue weighted by molar-refractivity contribution is 5.91. The van der Waals surface area contributed by atoms with Gasteiger partial charge in [0.1, 0.15) is 5.54 Å². The molecule has 0 heterocycles. The maximum Gasteiger partial charge on any atom is 0.329 e. The van der Waals surface area contributed by atoms with Gasteiger partial charge in [-0.3, -0.25) is 4.79 Å². The average molecular weight is 256 g/mol. The lowest BCUT2D eigenvalue weighted by Crippen LogP contribution is -2.63. The maximum absolute atomic E-state index is 12.1. The van der Waals surface area contributed by atoms with Crippen LogP contribution in [0.25, 0.3) is 0 Å². The number of hydrogen-bond acceptors (Lipinski definition) is 3. The molecule has 1 fully saturated rings. The van der Waals surface area contributed by atoms with Crippen molar-refractivity contribution in [2.45, 2.75) is 57.5 Å². The minimum absolute atomic E-state index is 0.262. The van der Waals surface area contributed by atoms with Gasteiger partial charge in [-0.05, 0) is 39.7 Å². The van der Waals surface area contributed by atoms with Gasteiger partial charge in [-0.2, -0.15) is 0 Å². The lowest BCUT2D eigenvalue weighted by molar-refractivity contribution is -0.151. The fraction of sp³-hybridized carbons (Fsp3) is 0.846. The van der Waals surface area contributed by atoms with E-state index in [9.17, 15) is 14.7 Å². The Morgan fingerprint density at radius 3 is 2.44 bits per heavy atom. The van der Waals surface area contributed by atoms with Gasteiger partial charge >= 0.3 is 5.97 Å². The van der Waals surface area contributed by atoms with Crippen LogP contribution in [0.4, 0.5) is 0 Å². The summed E-state index contributed by atoms with van der Waals surface area (Å²) in [4.78, 5) is 23.7. The summed E-state index contributed by atoms with van der Waals surface area (Å²) in [5.41, 5.74) is -1.86. The zero-order valence-corrected chi connectivity index (χ0v) is 11.7. The van der Waals surface area contributed by atoms with Gasteiger partial charge < -0.3 is 15.7 Å². The fourth-order valence-electron chi connectivity index (χ4n) is 2.40. The summed E-state index contributed by atoms with van der Waals surface area (Å²) >= 11 is 0. The van der Waals surface area contributed by atoms with Crippen molar-refractivity contribution in [3.63, 3.8) is 0 Å². The minimum Gasteiger partial charge on any atom is -0.480 e. The van der Waals surface area contributed by atoms with Gasteiger partial charge in [0.25, 0.3) is 0 Å². The Bertz CT molecular complexity index is 341. The number of rotatable bonds is 4.